The number of carbonyl (C=O) groups excluding carboxylic acids is 3. The standard InChI is InChI=1S/C40H62N4O12/c1-12-31-40(9,49)36-24(4)32(43-56-27(7)45)22(2)18-39(8,51-20-29(19-50-36)42-52-21-28-15-13-14-16-41-28)35(25(5)33(46)26(6)37(48)54-31)55-38-34(47)30(44(10)11)17-23(3)53-38/h13-16,22-26,30-31,34-36,38,47,49H,12,17-21H2,1-11H3/b42-29-,43-32+/t22-,23-,24+,25+,26-,30+,31-,34-,35-,36+,38+,39-,40-/m1/s1. The highest BCUT2D eigenvalue weighted by atomic mass is 16.7. The van der Waals surface area contributed by atoms with Gasteiger partial charge in [0, 0.05) is 36.9 Å². The maximum absolute atomic E-state index is 14.4. The van der Waals surface area contributed by atoms with E-state index in [0.717, 1.165) is 0 Å². The first-order valence-corrected chi connectivity index (χ1v) is 19.5. The number of esters is 1. The Kier molecular flexibility index (Phi) is 15.7. The van der Waals surface area contributed by atoms with Crippen LogP contribution in [0.2, 0.25) is 0 Å². The molecule has 0 saturated carbocycles. The van der Waals surface area contributed by atoms with Crippen molar-refractivity contribution in [3.05, 3.63) is 30.1 Å². The minimum atomic E-state index is -1.86. The number of ether oxygens (including phenoxy) is 5. The second kappa shape index (κ2) is 19.4. The molecule has 0 radical (unpaired) electrons. The number of nitrogens with zero attached hydrogens (tertiary/aromatic N) is 4. The number of aliphatic hydroxyl groups is 2. The molecule has 16 heteroatoms. The Bertz CT molecular complexity index is 1560. The fourth-order valence-electron chi connectivity index (χ4n) is 8.18. The summed E-state index contributed by atoms with van der Waals surface area (Å²) in [6, 6.07) is 5.08. The van der Waals surface area contributed by atoms with E-state index in [9.17, 15) is 24.6 Å². The molecule has 1 aromatic heterocycles. The zero-order chi connectivity index (χ0) is 41.5. The molecule has 1 aromatic rings. The number of pyridine rings is 1. The van der Waals surface area contributed by atoms with Crippen molar-refractivity contribution in [1.29, 1.82) is 0 Å². The lowest BCUT2D eigenvalue weighted by Crippen LogP contribution is -2.60. The van der Waals surface area contributed by atoms with Crippen LogP contribution in [0.5, 0.6) is 0 Å². The predicted molar refractivity (Wildman–Crippen MR) is 204 cm³/mol. The van der Waals surface area contributed by atoms with Crippen molar-refractivity contribution in [3.63, 3.8) is 0 Å². The molecule has 314 valence electrons. The Hall–Kier alpha value is -3.38. The number of likely N-dealkylation sites (N-methyl/N-ethyl adjacent to an activating group) is 1. The summed E-state index contributed by atoms with van der Waals surface area (Å²) >= 11 is 0. The quantitative estimate of drug-likeness (QED) is 0.168. The largest absolute Gasteiger partial charge is 0.459 e. The molecule has 13 atom stereocenters. The highest BCUT2D eigenvalue weighted by Crippen LogP contribution is 2.40. The van der Waals surface area contributed by atoms with Crippen LogP contribution in [0.3, 0.4) is 0 Å². The van der Waals surface area contributed by atoms with Crippen molar-refractivity contribution in [2.45, 2.75) is 142 Å². The van der Waals surface area contributed by atoms with E-state index in [1.807, 2.05) is 38.9 Å². The van der Waals surface area contributed by atoms with Crippen LogP contribution < -0.4 is 0 Å². The van der Waals surface area contributed by atoms with Gasteiger partial charge < -0.3 is 48.5 Å². The molecule has 3 saturated heterocycles. The Labute approximate surface area is 330 Å². The van der Waals surface area contributed by atoms with E-state index in [1.54, 1.807) is 46.0 Å². The second-order valence-electron chi connectivity index (χ2n) is 16.2. The summed E-state index contributed by atoms with van der Waals surface area (Å²) in [6.45, 7) is 14.5. The number of Topliss-reactive ketones (excluding diaryl/α,β-unsaturated/α-hetero) is 1. The number of hydrogen-bond acceptors (Lipinski definition) is 16. The molecule has 3 fully saturated rings. The van der Waals surface area contributed by atoms with Gasteiger partial charge in [-0.15, -0.1) is 0 Å². The summed E-state index contributed by atoms with van der Waals surface area (Å²) < 4.78 is 32.3. The summed E-state index contributed by atoms with van der Waals surface area (Å²) in [7, 11) is 3.72. The van der Waals surface area contributed by atoms with Crippen LogP contribution in [0.1, 0.15) is 87.3 Å². The number of cyclic esters (lactones) is 1. The van der Waals surface area contributed by atoms with Gasteiger partial charge in [-0.05, 0) is 73.2 Å². The van der Waals surface area contributed by atoms with E-state index < -0.39 is 83.3 Å². The van der Waals surface area contributed by atoms with Crippen LogP contribution >= 0.6 is 0 Å². The van der Waals surface area contributed by atoms with E-state index in [0.29, 0.717) is 17.8 Å². The van der Waals surface area contributed by atoms with Gasteiger partial charge >= 0.3 is 11.9 Å². The molecule has 4 heterocycles. The average Bonchev–Trinajstić information content (AvgIpc) is 3.15. The normalized spacial score (nSPS) is 39.4. The molecule has 3 aliphatic rings. The van der Waals surface area contributed by atoms with Crippen molar-refractivity contribution >= 4 is 29.1 Å². The second-order valence-corrected chi connectivity index (χ2v) is 16.2. The number of oxime groups is 2. The Balaban J connectivity index is 1.94. The third-order valence-electron chi connectivity index (χ3n) is 11.2. The third-order valence-corrected chi connectivity index (χ3v) is 11.2. The third kappa shape index (κ3) is 10.8. The molecule has 4 rings (SSSR count). The van der Waals surface area contributed by atoms with E-state index in [-0.39, 0.29) is 50.5 Å². The Morgan fingerprint density at radius 2 is 1.79 bits per heavy atom. The zero-order valence-electron chi connectivity index (χ0n) is 34.7. The molecular weight excluding hydrogens is 728 g/mol. The fraction of sp³-hybridized carbons (Fsp3) is 0.750. The summed E-state index contributed by atoms with van der Waals surface area (Å²) in [4.78, 5) is 57.6. The van der Waals surface area contributed by atoms with Crippen molar-refractivity contribution in [3.8, 4) is 0 Å². The van der Waals surface area contributed by atoms with Crippen LogP contribution in [-0.2, 0) is 54.3 Å². The molecule has 0 aromatic carbocycles. The van der Waals surface area contributed by atoms with Gasteiger partial charge in [0.05, 0.1) is 48.5 Å². The molecule has 0 unspecified atom stereocenters. The summed E-state index contributed by atoms with van der Waals surface area (Å²) in [6.07, 6.45) is -3.56. The lowest BCUT2D eigenvalue weighted by molar-refractivity contribution is -0.296. The molecule has 0 amide bonds. The summed E-state index contributed by atoms with van der Waals surface area (Å²) in [5.74, 6) is -5.62. The van der Waals surface area contributed by atoms with Crippen molar-refractivity contribution in [1.82, 2.24) is 9.88 Å². The minimum absolute atomic E-state index is 0.0422. The van der Waals surface area contributed by atoms with Gasteiger partial charge in [-0.3, -0.25) is 14.6 Å². The number of carbonyl (C=O) groups is 3. The molecular formula is C40H62N4O12. The van der Waals surface area contributed by atoms with Crippen LogP contribution in [0, 0.1) is 23.7 Å². The Morgan fingerprint density at radius 3 is 2.41 bits per heavy atom. The highest BCUT2D eigenvalue weighted by molar-refractivity contribution is 6.00. The van der Waals surface area contributed by atoms with Crippen LogP contribution in [0.4, 0.5) is 0 Å². The first kappa shape index (κ1) is 45.3. The molecule has 0 aliphatic carbocycles. The summed E-state index contributed by atoms with van der Waals surface area (Å²) in [5, 5.41) is 32.7. The van der Waals surface area contributed by atoms with Crippen LogP contribution in [-0.4, -0.2) is 131 Å². The van der Waals surface area contributed by atoms with Gasteiger partial charge in [0.2, 0.25) is 0 Å². The van der Waals surface area contributed by atoms with Crippen LogP contribution in [0.15, 0.2) is 34.7 Å². The fourth-order valence-corrected chi connectivity index (χ4v) is 8.18. The number of fused-ring (bicyclic) bond motifs is 5. The van der Waals surface area contributed by atoms with Crippen molar-refractivity contribution in [2.24, 2.45) is 34.0 Å². The van der Waals surface area contributed by atoms with Crippen molar-refractivity contribution < 1.29 is 58.0 Å². The number of aromatic nitrogens is 1. The van der Waals surface area contributed by atoms with Gasteiger partial charge in [-0.1, -0.05) is 44.1 Å². The number of rotatable bonds is 8. The van der Waals surface area contributed by atoms with Crippen LogP contribution in [0.25, 0.3) is 0 Å². The average molecular weight is 791 g/mol. The van der Waals surface area contributed by atoms with Gasteiger partial charge in [-0.25, -0.2) is 4.79 Å². The highest BCUT2D eigenvalue weighted by Gasteiger charge is 2.53. The van der Waals surface area contributed by atoms with Gasteiger partial charge in [0.1, 0.15) is 29.4 Å². The molecule has 2 N–H and O–H groups in total. The van der Waals surface area contributed by atoms with E-state index in [1.165, 1.54) is 20.8 Å². The van der Waals surface area contributed by atoms with E-state index >= 15 is 0 Å². The number of aliphatic hydroxyl groups excluding tert-OH is 1. The predicted octanol–water partition coefficient (Wildman–Crippen LogP) is 3.45. The minimum Gasteiger partial charge on any atom is -0.459 e. The Morgan fingerprint density at radius 1 is 1.07 bits per heavy atom. The van der Waals surface area contributed by atoms with E-state index in [4.69, 9.17) is 33.4 Å². The van der Waals surface area contributed by atoms with Gasteiger partial charge in [0.15, 0.2) is 18.7 Å². The SMILES string of the molecule is CC[C@H]1OC(=O)[C@H](C)C(=O)[C@H](C)[C@@H](O[C@@H]2O[C@H](C)C[C@H](N(C)C)[C@H]2O)[C@@]2(C)C[C@@H](C)/C(=N\OC(C)=O)[C@H](C)[C@H](OC/C(=N/OCc3ccccn3)CO2)[C@]1(C)O. The smallest absolute Gasteiger partial charge is 0.331 e. The first-order chi connectivity index (χ1) is 26.3. The molecule has 2 bridgehead atoms. The molecule has 56 heavy (non-hydrogen) atoms. The molecule has 16 nitrogen and oxygen atoms in total. The lowest BCUT2D eigenvalue weighted by atomic mass is 9.74. The maximum Gasteiger partial charge on any atom is 0.331 e. The van der Waals surface area contributed by atoms with Gasteiger partial charge in [-0.2, -0.15) is 0 Å². The van der Waals surface area contributed by atoms with Gasteiger partial charge in [0.25, 0.3) is 0 Å². The van der Waals surface area contributed by atoms with Crippen molar-refractivity contribution in [2.75, 3.05) is 27.3 Å². The lowest BCUT2D eigenvalue weighted by Gasteiger charge is -2.47. The first-order valence-electron chi connectivity index (χ1n) is 19.5. The van der Waals surface area contributed by atoms with E-state index in [2.05, 4.69) is 15.3 Å². The molecule has 0 spiro atoms. The zero-order valence-corrected chi connectivity index (χ0v) is 34.7. The number of ketones is 1. The number of hydrogen-bond donors (Lipinski definition) is 2. The topological polar surface area (TPSA) is 197 Å². The molecule has 3 aliphatic heterocycles. The summed E-state index contributed by atoms with van der Waals surface area (Å²) in [5.41, 5.74) is -2.02. The maximum atomic E-state index is 14.4. The monoisotopic (exact) mass is 790 g/mol.